The molecule has 0 unspecified atom stereocenters. The molecule has 1 N–H and O–H groups in total. The maximum absolute atomic E-state index is 10.7. The van der Waals surface area contributed by atoms with Gasteiger partial charge in [0.15, 0.2) is 5.82 Å². The highest BCUT2D eigenvalue weighted by atomic mass is 16.4. The lowest BCUT2D eigenvalue weighted by molar-refractivity contribution is 0.0696. The summed E-state index contributed by atoms with van der Waals surface area (Å²) >= 11 is 0. The van der Waals surface area contributed by atoms with E-state index in [4.69, 9.17) is 5.11 Å². The van der Waals surface area contributed by atoms with E-state index in [1.54, 1.807) is 6.07 Å². The van der Waals surface area contributed by atoms with Gasteiger partial charge in [-0.1, -0.05) is 0 Å². The minimum atomic E-state index is -0.965. The van der Waals surface area contributed by atoms with Gasteiger partial charge in [-0.2, -0.15) is 5.10 Å². The van der Waals surface area contributed by atoms with Crippen molar-refractivity contribution in [2.75, 3.05) is 11.9 Å². The summed E-state index contributed by atoms with van der Waals surface area (Å²) in [4.78, 5) is 12.7. The quantitative estimate of drug-likeness (QED) is 0.805. The Morgan fingerprint density at radius 1 is 1.60 bits per heavy atom. The largest absolute Gasteiger partial charge is 0.478 e. The monoisotopic (exact) mass is 207 g/mol. The van der Waals surface area contributed by atoms with Crippen LogP contribution in [0.2, 0.25) is 0 Å². The molecular weight excluding hydrogens is 194 g/mol. The number of carboxylic acids is 1. The molecule has 15 heavy (non-hydrogen) atoms. The molecule has 0 aromatic carbocycles. The first-order valence-electron chi connectivity index (χ1n) is 4.97. The fourth-order valence-corrected chi connectivity index (χ4v) is 1.61. The van der Waals surface area contributed by atoms with Crippen LogP contribution in [0.25, 0.3) is 0 Å². The third-order valence-corrected chi connectivity index (χ3v) is 2.87. The van der Waals surface area contributed by atoms with Crippen LogP contribution in [0.15, 0.2) is 12.3 Å². The summed E-state index contributed by atoms with van der Waals surface area (Å²) in [6.45, 7) is 0. The number of carboxylic acid groups (broad SMARTS) is 1. The van der Waals surface area contributed by atoms with Gasteiger partial charge in [0.2, 0.25) is 0 Å². The maximum Gasteiger partial charge on any atom is 0.337 e. The molecular formula is C10H13N3O2. The lowest BCUT2D eigenvalue weighted by Crippen LogP contribution is -2.37. The first kappa shape index (κ1) is 9.89. The molecule has 5 heteroatoms. The van der Waals surface area contributed by atoms with Gasteiger partial charge < -0.3 is 10.0 Å². The Labute approximate surface area is 87.7 Å². The standard InChI is InChI=1S/C10H13N3O2/c1-13(8-3-2-4-8)9-5-7(10(14)15)6-11-12-9/h5-6,8H,2-4H2,1H3,(H,14,15). The highest BCUT2D eigenvalue weighted by Crippen LogP contribution is 2.26. The SMILES string of the molecule is CN(c1cc(C(=O)O)cnn1)C1CCC1. The zero-order valence-electron chi connectivity index (χ0n) is 8.55. The van der Waals surface area contributed by atoms with Gasteiger partial charge in [0.25, 0.3) is 0 Å². The van der Waals surface area contributed by atoms with Crippen LogP contribution in [0, 0.1) is 0 Å². The Hall–Kier alpha value is -1.65. The van der Waals surface area contributed by atoms with Gasteiger partial charge in [0.05, 0.1) is 11.8 Å². The van der Waals surface area contributed by atoms with Crippen LogP contribution in [-0.4, -0.2) is 34.4 Å². The molecule has 0 aliphatic heterocycles. The number of hydrogen-bond donors (Lipinski definition) is 1. The van der Waals surface area contributed by atoms with Crippen LogP contribution in [0.3, 0.4) is 0 Å². The second-order valence-corrected chi connectivity index (χ2v) is 3.80. The summed E-state index contributed by atoms with van der Waals surface area (Å²) in [7, 11) is 1.93. The third kappa shape index (κ3) is 1.91. The molecule has 1 saturated carbocycles. The van der Waals surface area contributed by atoms with Gasteiger partial charge in [-0.05, 0) is 25.3 Å². The van der Waals surface area contributed by atoms with E-state index in [1.165, 1.54) is 12.6 Å². The molecule has 0 amide bonds. The Balaban J connectivity index is 2.19. The van der Waals surface area contributed by atoms with E-state index in [1.807, 2.05) is 11.9 Å². The zero-order valence-corrected chi connectivity index (χ0v) is 8.55. The molecule has 0 spiro atoms. The normalized spacial score (nSPS) is 15.8. The van der Waals surface area contributed by atoms with Crippen molar-refractivity contribution in [3.63, 3.8) is 0 Å². The minimum Gasteiger partial charge on any atom is -0.478 e. The number of anilines is 1. The van der Waals surface area contributed by atoms with Gasteiger partial charge in [-0.15, -0.1) is 5.10 Å². The number of carbonyl (C=O) groups is 1. The van der Waals surface area contributed by atoms with Gasteiger partial charge in [0, 0.05) is 13.1 Å². The second-order valence-electron chi connectivity index (χ2n) is 3.80. The van der Waals surface area contributed by atoms with Crippen molar-refractivity contribution in [3.8, 4) is 0 Å². The van der Waals surface area contributed by atoms with Gasteiger partial charge in [0.1, 0.15) is 0 Å². The van der Waals surface area contributed by atoms with Crippen molar-refractivity contribution in [1.29, 1.82) is 0 Å². The molecule has 5 nitrogen and oxygen atoms in total. The summed E-state index contributed by atoms with van der Waals surface area (Å²) in [5.41, 5.74) is 0.186. The number of nitrogens with zero attached hydrogens (tertiary/aromatic N) is 3. The average molecular weight is 207 g/mol. The summed E-state index contributed by atoms with van der Waals surface area (Å²) < 4.78 is 0. The maximum atomic E-state index is 10.7. The summed E-state index contributed by atoms with van der Waals surface area (Å²) in [5, 5.41) is 16.4. The lowest BCUT2D eigenvalue weighted by Gasteiger charge is -2.35. The van der Waals surface area contributed by atoms with E-state index >= 15 is 0 Å². The predicted molar refractivity (Wildman–Crippen MR) is 55.0 cm³/mol. The molecule has 1 aromatic heterocycles. The van der Waals surface area contributed by atoms with E-state index in [-0.39, 0.29) is 5.56 Å². The van der Waals surface area contributed by atoms with Crippen molar-refractivity contribution in [2.24, 2.45) is 0 Å². The lowest BCUT2D eigenvalue weighted by atomic mass is 9.92. The smallest absolute Gasteiger partial charge is 0.337 e. The Morgan fingerprint density at radius 3 is 2.87 bits per heavy atom. The fraction of sp³-hybridized carbons (Fsp3) is 0.500. The predicted octanol–water partition coefficient (Wildman–Crippen LogP) is 1.16. The molecule has 0 saturated heterocycles. The molecule has 0 bridgehead atoms. The fourth-order valence-electron chi connectivity index (χ4n) is 1.61. The van der Waals surface area contributed by atoms with Crippen molar-refractivity contribution in [2.45, 2.75) is 25.3 Å². The zero-order chi connectivity index (χ0) is 10.8. The second kappa shape index (κ2) is 3.84. The molecule has 1 aliphatic rings. The Kier molecular flexibility index (Phi) is 2.53. The van der Waals surface area contributed by atoms with Crippen LogP contribution in [0.5, 0.6) is 0 Å². The van der Waals surface area contributed by atoms with Crippen molar-refractivity contribution < 1.29 is 9.90 Å². The average Bonchev–Trinajstić information content (AvgIpc) is 2.15. The van der Waals surface area contributed by atoms with Crippen LogP contribution in [0.1, 0.15) is 29.6 Å². The molecule has 0 radical (unpaired) electrons. The third-order valence-electron chi connectivity index (χ3n) is 2.87. The number of aromatic carboxylic acids is 1. The summed E-state index contributed by atoms with van der Waals surface area (Å²) in [6, 6.07) is 2.05. The molecule has 2 rings (SSSR count). The van der Waals surface area contributed by atoms with Crippen LogP contribution < -0.4 is 4.90 Å². The van der Waals surface area contributed by atoms with Crippen molar-refractivity contribution in [1.82, 2.24) is 10.2 Å². The number of aromatic nitrogens is 2. The van der Waals surface area contributed by atoms with E-state index in [2.05, 4.69) is 10.2 Å². The Bertz CT molecular complexity index is 377. The number of hydrogen-bond acceptors (Lipinski definition) is 4. The van der Waals surface area contributed by atoms with Crippen LogP contribution in [-0.2, 0) is 0 Å². The van der Waals surface area contributed by atoms with Crippen LogP contribution in [0.4, 0.5) is 5.82 Å². The molecule has 1 heterocycles. The highest BCUT2D eigenvalue weighted by Gasteiger charge is 2.23. The van der Waals surface area contributed by atoms with Crippen molar-refractivity contribution in [3.05, 3.63) is 17.8 Å². The molecule has 1 fully saturated rings. The Morgan fingerprint density at radius 2 is 2.33 bits per heavy atom. The van der Waals surface area contributed by atoms with Gasteiger partial charge in [-0.25, -0.2) is 4.79 Å². The summed E-state index contributed by atoms with van der Waals surface area (Å²) in [6.07, 6.45) is 4.80. The summed E-state index contributed by atoms with van der Waals surface area (Å²) in [5.74, 6) is -0.326. The first-order valence-corrected chi connectivity index (χ1v) is 4.97. The molecule has 1 aliphatic carbocycles. The van der Waals surface area contributed by atoms with Crippen molar-refractivity contribution >= 4 is 11.8 Å². The van der Waals surface area contributed by atoms with E-state index in [9.17, 15) is 4.79 Å². The topological polar surface area (TPSA) is 66.3 Å². The van der Waals surface area contributed by atoms with E-state index in [0.717, 1.165) is 12.8 Å². The van der Waals surface area contributed by atoms with Gasteiger partial charge >= 0.3 is 5.97 Å². The molecule has 1 aromatic rings. The van der Waals surface area contributed by atoms with Gasteiger partial charge in [-0.3, -0.25) is 0 Å². The molecule has 0 atom stereocenters. The highest BCUT2D eigenvalue weighted by molar-refractivity contribution is 5.87. The van der Waals surface area contributed by atoms with E-state index < -0.39 is 5.97 Å². The first-order chi connectivity index (χ1) is 7.18. The molecule has 80 valence electrons. The van der Waals surface area contributed by atoms with Crippen LogP contribution >= 0.6 is 0 Å². The minimum absolute atomic E-state index is 0.186. The van der Waals surface area contributed by atoms with E-state index in [0.29, 0.717) is 11.9 Å². The number of rotatable bonds is 3.